The van der Waals surface area contributed by atoms with E-state index >= 15 is 0 Å². The highest BCUT2D eigenvalue weighted by Crippen LogP contribution is 2.31. The Bertz CT molecular complexity index is 663. The Morgan fingerprint density at radius 2 is 1.78 bits per heavy atom. The Kier molecular flexibility index (Phi) is 3.75. The first-order chi connectivity index (χ1) is 8.38. The first kappa shape index (κ1) is 12.7. The number of para-hydroxylation sites is 1. The maximum Gasteiger partial charge on any atom is 0.135 e. The molecule has 3 nitrogen and oxygen atoms in total. The van der Waals surface area contributed by atoms with Gasteiger partial charge in [-0.3, -0.25) is 0 Å². The molecule has 0 spiro atoms. The van der Waals surface area contributed by atoms with Gasteiger partial charge in [-0.25, -0.2) is 0 Å². The minimum Gasteiger partial charge on any atom is -1.00 e. The molecule has 1 aromatic heterocycles. The van der Waals surface area contributed by atoms with Crippen molar-refractivity contribution >= 4 is 21.9 Å². The molecule has 0 fully saturated rings. The minimum atomic E-state index is 0. The number of rotatable bonds is 3. The standard InChI is InChI=1S/C14H13NO2.ClH/c15-7-8-16-10-5-6-14-12(9-10)11-3-1-2-4-13(11)17-14;/h1-6,9H,7-8,15H2;1H/p-1. The molecule has 0 unspecified atom stereocenters. The molecule has 18 heavy (non-hydrogen) atoms. The van der Waals surface area contributed by atoms with Gasteiger partial charge in [0, 0.05) is 17.3 Å². The first-order valence-corrected chi connectivity index (χ1v) is 5.62. The largest absolute Gasteiger partial charge is 1.00 e. The van der Waals surface area contributed by atoms with E-state index in [0.717, 1.165) is 27.7 Å². The quantitative estimate of drug-likeness (QED) is 0.719. The minimum absolute atomic E-state index is 0. The third-order valence-corrected chi connectivity index (χ3v) is 2.73. The average molecular weight is 263 g/mol. The van der Waals surface area contributed by atoms with Crippen molar-refractivity contribution in [2.75, 3.05) is 13.2 Å². The molecule has 0 atom stereocenters. The van der Waals surface area contributed by atoms with Gasteiger partial charge in [0.05, 0.1) is 0 Å². The summed E-state index contributed by atoms with van der Waals surface area (Å²) in [6.45, 7) is 1.05. The van der Waals surface area contributed by atoms with Crippen LogP contribution in [0, 0.1) is 0 Å². The van der Waals surface area contributed by atoms with Crippen LogP contribution < -0.4 is 22.9 Å². The lowest BCUT2D eigenvalue weighted by Gasteiger charge is -2.03. The Hall–Kier alpha value is -1.71. The summed E-state index contributed by atoms with van der Waals surface area (Å²) in [5, 5.41) is 2.19. The van der Waals surface area contributed by atoms with Crippen LogP contribution in [0.25, 0.3) is 21.9 Å². The van der Waals surface area contributed by atoms with Crippen LogP contribution in [0.4, 0.5) is 0 Å². The van der Waals surface area contributed by atoms with E-state index in [1.165, 1.54) is 0 Å². The van der Waals surface area contributed by atoms with Crippen LogP contribution in [0.15, 0.2) is 46.9 Å². The number of hydrogen-bond donors (Lipinski definition) is 1. The summed E-state index contributed by atoms with van der Waals surface area (Å²) >= 11 is 0. The number of halogens is 1. The number of furan rings is 1. The highest BCUT2D eigenvalue weighted by atomic mass is 35.5. The topological polar surface area (TPSA) is 48.4 Å². The zero-order valence-corrected chi connectivity index (χ0v) is 10.5. The van der Waals surface area contributed by atoms with Crippen LogP contribution in [-0.4, -0.2) is 13.2 Å². The van der Waals surface area contributed by atoms with Crippen LogP contribution in [0.1, 0.15) is 0 Å². The van der Waals surface area contributed by atoms with Crippen LogP contribution in [-0.2, 0) is 0 Å². The molecule has 0 aliphatic heterocycles. The first-order valence-electron chi connectivity index (χ1n) is 5.62. The Morgan fingerprint density at radius 3 is 2.61 bits per heavy atom. The van der Waals surface area contributed by atoms with Crippen molar-refractivity contribution in [3.8, 4) is 5.75 Å². The molecule has 0 aliphatic carbocycles. The number of hydrogen-bond acceptors (Lipinski definition) is 3. The van der Waals surface area contributed by atoms with E-state index in [1.54, 1.807) is 0 Å². The number of fused-ring (bicyclic) bond motifs is 3. The van der Waals surface area contributed by atoms with Gasteiger partial charge in [0.2, 0.25) is 0 Å². The van der Waals surface area contributed by atoms with Crippen LogP contribution >= 0.6 is 0 Å². The smallest absolute Gasteiger partial charge is 0.135 e. The summed E-state index contributed by atoms with van der Waals surface area (Å²) in [5.74, 6) is 0.828. The van der Waals surface area contributed by atoms with E-state index in [1.807, 2.05) is 42.5 Å². The SMILES string of the molecule is NCCOc1ccc2oc3ccccc3c2c1.[Cl-]. The summed E-state index contributed by atoms with van der Waals surface area (Å²) in [4.78, 5) is 0. The van der Waals surface area contributed by atoms with Gasteiger partial charge in [-0.2, -0.15) is 0 Å². The predicted molar refractivity (Wildman–Crippen MR) is 68.3 cm³/mol. The number of benzene rings is 2. The van der Waals surface area contributed by atoms with Crippen LogP contribution in [0.3, 0.4) is 0 Å². The second kappa shape index (κ2) is 5.29. The van der Waals surface area contributed by atoms with Gasteiger partial charge in [-0.1, -0.05) is 18.2 Å². The van der Waals surface area contributed by atoms with Gasteiger partial charge in [0.1, 0.15) is 23.5 Å². The highest BCUT2D eigenvalue weighted by Gasteiger charge is 2.06. The summed E-state index contributed by atoms with van der Waals surface area (Å²) < 4.78 is 11.2. The average Bonchev–Trinajstić information content (AvgIpc) is 2.74. The van der Waals surface area contributed by atoms with Crippen molar-refractivity contribution in [1.82, 2.24) is 0 Å². The third kappa shape index (κ3) is 2.15. The van der Waals surface area contributed by atoms with E-state index < -0.39 is 0 Å². The van der Waals surface area contributed by atoms with Crippen LogP contribution in [0.2, 0.25) is 0 Å². The van der Waals surface area contributed by atoms with Gasteiger partial charge in [-0.15, -0.1) is 0 Å². The zero-order chi connectivity index (χ0) is 11.7. The molecule has 2 N–H and O–H groups in total. The monoisotopic (exact) mass is 262 g/mol. The highest BCUT2D eigenvalue weighted by molar-refractivity contribution is 6.05. The van der Waals surface area contributed by atoms with E-state index in [-0.39, 0.29) is 12.4 Å². The van der Waals surface area contributed by atoms with Crippen molar-refractivity contribution in [2.24, 2.45) is 5.73 Å². The van der Waals surface area contributed by atoms with Gasteiger partial charge >= 0.3 is 0 Å². The second-order valence-electron chi connectivity index (χ2n) is 3.89. The fraction of sp³-hybridized carbons (Fsp3) is 0.143. The molecule has 2 aromatic carbocycles. The fourth-order valence-electron chi connectivity index (χ4n) is 1.97. The van der Waals surface area contributed by atoms with Crippen molar-refractivity contribution < 1.29 is 21.6 Å². The molecule has 3 rings (SSSR count). The van der Waals surface area contributed by atoms with E-state index in [9.17, 15) is 0 Å². The molecule has 0 aliphatic rings. The Morgan fingerprint density at radius 1 is 1.00 bits per heavy atom. The molecule has 0 saturated heterocycles. The fourth-order valence-corrected chi connectivity index (χ4v) is 1.97. The van der Waals surface area contributed by atoms with Crippen LogP contribution in [0.5, 0.6) is 5.75 Å². The van der Waals surface area contributed by atoms with E-state index in [2.05, 4.69) is 0 Å². The summed E-state index contributed by atoms with van der Waals surface area (Å²) in [6.07, 6.45) is 0. The molecule has 4 heteroatoms. The lowest BCUT2D eigenvalue weighted by Crippen LogP contribution is -3.00. The van der Waals surface area contributed by atoms with Gasteiger partial charge < -0.3 is 27.3 Å². The van der Waals surface area contributed by atoms with Gasteiger partial charge in [-0.05, 0) is 24.3 Å². The maximum atomic E-state index is 5.73. The molecule has 0 bridgehead atoms. The summed E-state index contributed by atoms with van der Waals surface area (Å²) in [7, 11) is 0. The molecular weight excluding hydrogens is 250 g/mol. The van der Waals surface area contributed by atoms with E-state index in [0.29, 0.717) is 13.2 Å². The second-order valence-corrected chi connectivity index (χ2v) is 3.89. The molecule has 1 heterocycles. The van der Waals surface area contributed by atoms with Crippen molar-refractivity contribution in [3.63, 3.8) is 0 Å². The maximum absolute atomic E-state index is 5.73. The molecule has 0 saturated carbocycles. The number of nitrogens with two attached hydrogens (primary N) is 1. The molecule has 94 valence electrons. The van der Waals surface area contributed by atoms with E-state index in [4.69, 9.17) is 14.9 Å². The van der Waals surface area contributed by atoms with Crippen molar-refractivity contribution in [3.05, 3.63) is 42.5 Å². The lowest BCUT2D eigenvalue weighted by molar-refractivity contribution is -0.00000429. The molecule has 0 amide bonds. The molecular formula is C14H13ClNO2-. The number of ether oxygens (including phenoxy) is 1. The third-order valence-electron chi connectivity index (χ3n) is 2.73. The Balaban J connectivity index is 0.00000120. The summed E-state index contributed by atoms with van der Waals surface area (Å²) in [6, 6.07) is 13.8. The zero-order valence-electron chi connectivity index (χ0n) is 9.73. The molecule has 0 radical (unpaired) electrons. The van der Waals surface area contributed by atoms with Crippen molar-refractivity contribution in [1.29, 1.82) is 0 Å². The summed E-state index contributed by atoms with van der Waals surface area (Å²) in [5.41, 5.74) is 7.20. The van der Waals surface area contributed by atoms with Crippen molar-refractivity contribution in [2.45, 2.75) is 0 Å². The van der Waals surface area contributed by atoms with Gasteiger partial charge in [0.25, 0.3) is 0 Å². The van der Waals surface area contributed by atoms with Gasteiger partial charge in [0.15, 0.2) is 0 Å². The normalized spacial score (nSPS) is 10.5. The Labute approximate surface area is 111 Å². The lowest BCUT2D eigenvalue weighted by atomic mass is 10.1. The molecule has 3 aromatic rings. The predicted octanol–water partition coefficient (Wildman–Crippen LogP) is -0.0725.